The van der Waals surface area contributed by atoms with Gasteiger partial charge in [-0.25, -0.2) is 0 Å². The fourth-order valence-electron chi connectivity index (χ4n) is 1.10. The largest absolute Gasteiger partial charge is 0.349 e. The van der Waals surface area contributed by atoms with Gasteiger partial charge >= 0.3 is 0 Å². The quantitative estimate of drug-likeness (QED) is 0.820. The van der Waals surface area contributed by atoms with Crippen LogP contribution in [0.5, 0.6) is 0 Å². The first-order chi connectivity index (χ1) is 7.04. The van der Waals surface area contributed by atoms with Crippen LogP contribution in [0.25, 0.3) is 0 Å². The topological polar surface area (TPSA) is 29.1 Å². The Labute approximate surface area is 111 Å². The van der Waals surface area contributed by atoms with Crippen molar-refractivity contribution in [2.45, 2.75) is 26.3 Å². The van der Waals surface area contributed by atoms with Crippen LogP contribution in [0.1, 0.15) is 28.6 Å². The lowest BCUT2D eigenvalue weighted by molar-refractivity contribution is 0.0943. The van der Waals surface area contributed by atoms with Crippen LogP contribution in [-0.2, 0) is 0 Å². The molecule has 0 aliphatic rings. The maximum Gasteiger partial charge on any atom is 0.261 e. The van der Waals surface area contributed by atoms with E-state index in [0.29, 0.717) is 0 Å². The van der Waals surface area contributed by atoms with E-state index in [1.54, 1.807) is 0 Å². The maximum absolute atomic E-state index is 11.8. The zero-order valence-electron chi connectivity index (χ0n) is 8.64. The number of thiophene rings is 1. The Morgan fingerprint density at radius 1 is 1.67 bits per heavy atom. The van der Waals surface area contributed by atoms with E-state index in [4.69, 9.17) is 0 Å². The Kier molecular flexibility index (Phi) is 5.29. The second kappa shape index (κ2) is 6.01. The van der Waals surface area contributed by atoms with Gasteiger partial charge in [0.05, 0.1) is 8.66 Å². The monoisotopic (exact) mass is 353 g/mol. The van der Waals surface area contributed by atoms with Crippen LogP contribution in [0.15, 0.2) is 9.85 Å². The molecule has 0 bridgehead atoms. The molecular formula is C10H13Br2NOS. The molecule has 2 nitrogen and oxygen atoms in total. The minimum atomic E-state index is 0.0160. The lowest BCUT2D eigenvalue weighted by atomic mass is 10.2. The maximum atomic E-state index is 11.8. The standard InChI is InChI=1S/C10H13Br2NOS/c1-6-5-8(15-9(6)12)10(14)13-7(2)3-4-11/h5,7H,3-4H2,1-2H3,(H,13,14). The minimum Gasteiger partial charge on any atom is -0.349 e. The van der Waals surface area contributed by atoms with Crippen LogP contribution >= 0.6 is 43.2 Å². The molecule has 5 heteroatoms. The first-order valence-corrected chi connectivity index (χ1v) is 7.40. The average Bonchev–Trinajstić information content (AvgIpc) is 2.47. The van der Waals surface area contributed by atoms with Gasteiger partial charge in [0.25, 0.3) is 5.91 Å². The number of amides is 1. The fraction of sp³-hybridized carbons (Fsp3) is 0.500. The molecule has 1 unspecified atom stereocenters. The van der Waals surface area contributed by atoms with Gasteiger partial charge in [-0.05, 0) is 47.8 Å². The third-order valence-corrected chi connectivity index (χ3v) is 4.59. The molecule has 0 spiro atoms. The zero-order chi connectivity index (χ0) is 11.4. The minimum absolute atomic E-state index is 0.0160. The second-order valence-corrected chi connectivity index (χ2v) is 6.58. The Balaban J connectivity index is 2.61. The van der Waals surface area contributed by atoms with Crippen molar-refractivity contribution in [3.05, 3.63) is 20.3 Å². The normalized spacial score (nSPS) is 12.5. The van der Waals surface area contributed by atoms with E-state index in [1.807, 2.05) is 19.9 Å². The van der Waals surface area contributed by atoms with E-state index in [2.05, 4.69) is 37.2 Å². The Hall–Kier alpha value is 0.130. The second-order valence-electron chi connectivity index (χ2n) is 3.42. The number of rotatable bonds is 4. The molecule has 0 aliphatic carbocycles. The van der Waals surface area contributed by atoms with Gasteiger partial charge < -0.3 is 5.32 Å². The number of alkyl halides is 1. The van der Waals surface area contributed by atoms with Crippen LogP contribution in [0, 0.1) is 6.92 Å². The first kappa shape index (κ1) is 13.2. The van der Waals surface area contributed by atoms with Crippen molar-refractivity contribution in [2.75, 3.05) is 5.33 Å². The summed E-state index contributed by atoms with van der Waals surface area (Å²) in [6, 6.07) is 2.11. The van der Waals surface area contributed by atoms with Crippen LogP contribution in [-0.4, -0.2) is 17.3 Å². The summed E-state index contributed by atoms with van der Waals surface area (Å²) in [5.74, 6) is 0.0160. The smallest absolute Gasteiger partial charge is 0.261 e. The predicted molar refractivity (Wildman–Crippen MR) is 72.1 cm³/mol. The molecule has 0 saturated heterocycles. The molecular weight excluding hydrogens is 342 g/mol. The van der Waals surface area contributed by atoms with Crippen molar-refractivity contribution in [3.8, 4) is 0 Å². The number of aryl methyl sites for hydroxylation is 1. The lowest BCUT2D eigenvalue weighted by Gasteiger charge is -2.10. The molecule has 1 rings (SSSR count). The predicted octanol–water partition coefficient (Wildman–Crippen LogP) is 3.72. The van der Waals surface area contributed by atoms with E-state index in [9.17, 15) is 4.79 Å². The van der Waals surface area contributed by atoms with Crippen molar-refractivity contribution < 1.29 is 4.79 Å². The van der Waals surface area contributed by atoms with Gasteiger partial charge in [0, 0.05) is 11.4 Å². The summed E-state index contributed by atoms with van der Waals surface area (Å²) in [6.07, 6.45) is 0.942. The van der Waals surface area contributed by atoms with Crippen molar-refractivity contribution in [2.24, 2.45) is 0 Å². The average molecular weight is 355 g/mol. The number of hydrogen-bond acceptors (Lipinski definition) is 2. The summed E-state index contributed by atoms with van der Waals surface area (Å²) in [5, 5.41) is 3.86. The number of carbonyl (C=O) groups excluding carboxylic acids is 1. The number of nitrogens with one attached hydrogen (secondary N) is 1. The third kappa shape index (κ3) is 3.89. The molecule has 1 atom stereocenters. The third-order valence-electron chi connectivity index (χ3n) is 2.00. The Morgan fingerprint density at radius 3 is 2.80 bits per heavy atom. The highest BCUT2D eigenvalue weighted by Gasteiger charge is 2.13. The van der Waals surface area contributed by atoms with Crippen molar-refractivity contribution in [1.82, 2.24) is 5.32 Å². The molecule has 0 aromatic carbocycles. The molecule has 1 heterocycles. The van der Waals surface area contributed by atoms with Crippen molar-refractivity contribution in [1.29, 1.82) is 0 Å². The lowest BCUT2D eigenvalue weighted by Crippen LogP contribution is -2.32. The summed E-state index contributed by atoms with van der Waals surface area (Å²) in [4.78, 5) is 12.5. The van der Waals surface area contributed by atoms with E-state index >= 15 is 0 Å². The number of carbonyl (C=O) groups is 1. The van der Waals surface area contributed by atoms with E-state index in [1.165, 1.54) is 11.3 Å². The van der Waals surface area contributed by atoms with E-state index in [0.717, 1.165) is 26.0 Å². The van der Waals surface area contributed by atoms with E-state index in [-0.39, 0.29) is 11.9 Å². The highest BCUT2D eigenvalue weighted by Crippen LogP contribution is 2.27. The van der Waals surface area contributed by atoms with Gasteiger partial charge in [0.2, 0.25) is 0 Å². The van der Waals surface area contributed by atoms with Crippen molar-refractivity contribution >= 4 is 49.1 Å². The van der Waals surface area contributed by atoms with Crippen molar-refractivity contribution in [3.63, 3.8) is 0 Å². The van der Waals surface area contributed by atoms with E-state index < -0.39 is 0 Å². The van der Waals surface area contributed by atoms with Crippen LogP contribution < -0.4 is 5.32 Å². The molecule has 1 amide bonds. The zero-order valence-corrected chi connectivity index (χ0v) is 12.6. The van der Waals surface area contributed by atoms with Gasteiger partial charge in [-0.15, -0.1) is 11.3 Å². The summed E-state index contributed by atoms with van der Waals surface area (Å²) < 4.78 is 1.03. The Morgan fingerprint density at radius 2 is 2.33 bits per heavy atom. The molecule has 1 aromatic rings. The molecule has 0 saturated carbocycles. The summed E-state index contributed by atoms with van der Waals surface area (Å²) >= 11 is 8.24. The van der Waals surface area contributed by atoms with Gasteiger partial charge in [0.15, 0.2) is 0 Å². The summed E-state index contributed by atoms with van der Waals surface area (Å²) in [5.41, 5.74) is 1.11. The van der Waals surface area contributed by atoms with Crippen LogP contribution in [0.2, 0.25) is 0 Å². The van der Waals surface area contributed by atoms with Gasteiger partial charge in [0.1, 0.15) is 0 Å². The molecule has 0 aliphatic heterocycles. The SMILES string of the molecule is Cc1cc(C(=O)NC(C)CCBr)sc1Br. The summed E-state index contributed by atoms with van der Waals surface area (Å²) in [7, 11) is 0. The Bertz CT molecular complexity index is 332. The first-order valence-electron chi connectivity index (χ1n) is 4.67. The molecule has 0 radical (unpaired) electrons. The fourth-order valence-corrected chi connectivity index (χ4v) is 3.23. The number of halogens is 2. The van der Waals surface area contributed by atoms with Gasteiger partial charge in [-0.1, -0.05) is 15.9 Å². The summed E-state index contributed by atoms with van der Waals surface area (Å²) in [6.45, 7) is 3.99. The molecule has 0 fully saturated rings. The highest BCUT2D eigenvalue weighted by atomic mass is 79.9. The number of hydrogen-bond donors (Lipinski definition) is 1. The molecule has 1 aromatic heterocycles. The van der Waals surface area contributed by atoms with Crippen LogP contribution in [0.4, 0.5) is 0 Å². The molecule has 15 heavy (non-hydrogen) atoms. The van der Waals surface area contributed by atoms with Gasteiger partial charge in [-0.3, -0.25) is 4.79 Å². The molecule has 84 valence electrons. The highest BCUT2D eigenvalue weighted by molar-refractivity contribution is 9.11. The van der Waals surface area contributed by atoms with Gasteiger partial charge in [-0.2, -0.15) is 0 Å². The van der Waals surface area contributed by atoms with Crippen LogP contribution in [0.3, 0.4) is 0 Å². The molecule has 1 N–H and O–H groups in total.